The maximum Gasteiger partial charge on any atom is 0.0335 e. The van der Waals surface area contributed by atoms with Gasteiger partial charge in [-0.05, 0) is 69.7 Å². The summed E-state index contributed by atoms with van der Waals surface area (Å²) in [6, 6.07) is 0.878. The smallest absolute Gasteiger partial charge is 0.0335 e. The summed E-state index contributed by atoms with van der Waals surface area (Å²) in [4.78, 5) is 2.86. The average Bonchev–Trinajstić information content (AvgIpc) is 3.22. The molecule has 2 heteroatoms. The molecule has 3 fully saturated rings. The lowest BCUT2D eigenvalue weighted by molar-refractivity contribution is 0.00712. The van der Waals surface area contributed by atoms with Crippen molar-refractivity contribution in [3.05, 3.63) is 0 Å². The van der Waals surface area contributed by atoms with Gasteiger partial charge in [0.2, 0.25) is 0 Å². The second-order valence-corrected chi connectivity index (χ2v) is 7.91. The van der Waals surface area contributed by atoms with E-state index < -0.39 is 0 Å². The first-order valence-electron chi connectivity index (χ1n) is 9.20. The molecule has 20 heavy (non-hydrogen) atoms. The predicted molar refractivity (Wildman–Crippen MR) is 85.8 cm³/mol. The highest BCUT2D eigenvalue weighted by Crippen LogP contribution is 2.53. The van der Waals surface area contributed by atoms with Gasteiger partial charge in [0.05, 0.1) is 0 Å². The van der Waals surface area contributed by atoms with Crippen molar-refractivity contribution in [3.8, 4) is 0 Å². The van der Waals surface area contributed by atoms with Gasteiger partial charge >= 0.3 is 0 Å². The maximum atomic E-state index is 6.32. The van der Waals surface area contributed by atoms with Gasteiger partial charge in [-0.25, -0.2) is 0 Å². The minimum Gasteiger partial charge on any atom is -0.329 e. The Morgan fingerprint density at radius 1 is 1.00 bits per heavy atom. The molecule has 0 aromatic carbocycles. The topological polar surface area (TPSA) is 29.3 Å². The van der Waals surface area contributed by atoms with Gasteiger partial charge in [-0.1, -0.05) is 26.2 Å². The summed E-state index contributed by atoms with van der Waals surface area (Å²) in [5.74, 6) is 0. The Labute approximate surface area is 125 Å². The van der Waals surface area contributed by atoms with E-state index >= 15 is 0 Å². The Morgan fingerprint density at radius 3 is 2.15 bits per heavy atom. The zero-order chi connectivity index (χ0) is 14.1. The molecule has 0 saturated heterocycles. The van der Waals surface area contributed by atoms with Crippen molar-refractivity contribution < 1.29 is 0 Å². The molecule has 0 aliphatic heterocycles. The highest BCUT2D eigenvalue weighted by Gasteiger charge is 2.48. The first kappa shape index (κ1) is 14.8. The Bertz CT molecular complexity index is 305. The van der Waals surface area contributed by atoms with Crippen molar-refractivity contribution in [1.82, 2.24) is 4.90 Å². The number of nitrogens with zero attached hydrogens (tertiary/aromatic N) is 1. The molecule has 3 rings (SSSR count). The Hall–Kier alpha value is -0.0800. The highest BCUT2D eigenvalue weighted by atomic mass is 15.3. The SMILES string of the molecule is CCCCN(C1CC1)C1(CN)CCC2(CCCC2)CC1. The molecule has 2 N–H and O–H groups in total. The van der Waals surface area contributed by atoms with Crippen LogP contribution in [0.2, 0.25) is 0 Å². The molecular weight excluding hydrogens is 244 g/mol. The van der Waals surface area contributed by atoms with Gasteiger partial charge in [0.25, 0.3) is 0 Å². The fraction of sp³-hybridized carbons (Fsp3) is 1.00. The minimum atomic E-state index is 0.365. The zero-order valence-corrected chi connectivity index (χ0v) is 13.5. The summed E-state index contributed by atoms with van der Waals surface area (Å²) >= 11 is 0. The fourth-order valence-electron chi connectivity index (χ4n) is 5.00. The van der Waals surface area contributed by atoms with Crippen molar-refractivity contribution in [1.29, 1.82) is 0 Å². The van der Waals surface area contributed by atoms with Crippen LogP contribution in [0.15, 0.2) is 0 Å². The van der Waals surface area contributed by atoms with Crippen molar-refractivity contribution in [3.63, 3.8) is 0 Å². The quantitative estimate of drug-likeness (QED) is 0.793. The van der Waals surface area contributed by atoms with Crippen LogP contribution in [-0.4, -0.2) is 29.6 Å². The summed E-state index contributed by atoms with van der Waals surface area (Å²) in [5.41, 5.74) is 7.42. The fourth-order valence-corrected chi connectivity index (χ4v) is 5.00. The molecule has 0 radical (unpaired) electrons. The van der Waals surface area contributed by atoms with Crippen molar-refractivity contribution >= 4 is 0 Å². The van der Waals surface area contributed by atoms with Gasteiger partial charge in [-0.3, -0.25) is 4.90 Å². The first-order valence-corrected chi connectivity index (χ1v) is 9.20. The molecule has 3 aliphatic carbocycles. The van der Waals surface area contributed by atoms with Gasteiger partial charge in [0, 0.05) is 18.1 Å². The molecule has 0 aromatic rings. The summed E-state index contributed by atoms with van der Waals surface area (Å²) in [6.07, 6.45) is 17.2. The predicted octanol–water partition coefficient (Wildman–Crippen LogP) is 4.08. The Morgan fingerprint density at radius 2 is 1.65 bits per heavy atom. The lowest BCUT2D eigenvalue weighted by Crippen LogP contribution is -2.57. The minimum absolute atomic E-state index is 0.365. The second-order valence-electron chi connectivity index (χ2n) is 7.91. The van der Waals surface area contributed by atoms with Gasteiger partial charge < -0.3 is 5.73 Å². The lowest BCUT2D eigenvalue weighted by Gasteiger charge is -2.51. The summed E-state index contributed by atoms with van der Waals surface area (Å²) in [5, 5.41) is 0. The summed E-state index contributed by atoms with van der Waals surface area (Å²) in [7, 11) is 0. The number of hydrogen-bond acceptors (Lipinski definition) is 2. The van der Waals surface area contributed by atoms with Crippen LogP contribution in [0.1, 0.15) is 84.0 Å². The van der Waals surface area contributed by atoms with Crippen LogP contribution in [0.25, 0.3) is 0 Å². The van der Waals surface area contributed by atoms with E-state index in [-0.39, 0.29) is 0 Å². The van der Waals surface area contributed by atoms with E-state index in [2.05, 4.69) is 11.8 Å². The van der Waals surface area contributed by atoms with Crippen LogP contribution in [0.4, 0.5) is 0 Å². The van der Waals surface area contributed by atoms with Crippen LogP contribution in [0.5, 0.6) is 0 Å². The maximum absolute atomic E-state index is 6.32. The van der Waals surface area contributed by atoms with Gasteiger partial charge in [-0.2, -0.15) is 0 Å². The van der Waals surface area contributed by atoms with Gasteiger partial charge in [-0.15, -0.1) is 0 Å². The van der Waals surface area contributed by atoms with Crippen LogP contribution in [0, 0.1) is 5.41 Å². The molecule has 0 unspecified atom stereocenters. The average molecular weight is 278 g/mol. The molecule has 0 atom stereocenters. The van der Waals surface area contributed by atoms with E-state index in [4.69, 9.17) is 5.73 Å². The lowest BCUT2D eigenvalue weighted by atomic mass is 9.65. The van der Waals surface area contributed by atoms with Crippen molar-refractivity contribution in [2.24, 2.45) is 11.1 Å². The molecule has 0 heterocycles. The summed E-state index contributed by atoms with van der Waals surface area (Å²) in [6.45, 7) is 4.50. The van der Waals surface area contributed by atoms with Crippen molar-refractivity contribution in [2.75, 3.05) is 13.1 Å². The number of hydrogen-bond donors (Lipinski definition) is 1. The van der Waals surface area contributed by atoms with E-state index in [0.717, 1.165) is 18.0 Å². The van der Waals surface area contributed by atoms with E-state index in [9.17, 15) is 0 Å². The molecule has 1 spiro atoms. The van der Waals surface area contributed by atoms with E-state index in [1.54, 1.807) is 0 Å². The number of rotatable bonds is 6. The normalized spacial score (nSPS) is 28.4. The van der Waals surface area contributed by atoms with Crippen LogP contribution >= 0.6 is 0 Å². The highest BCUT2D eigenvalue weighted by molar-refractivity contribution is 5.04. The van der Waals surface area contributed by atoms with E-state index in [0.29, 0.717) is 5.54 Å². The molecule has 0 aromatic heterocycles. The molecule has 3 aliphatic rings. The van der Waals surface area contributed by atoms with Crippen LogP contribution < -0.4 is 5.73 Å². The molecular formula is C18H34N2. The standard InChI is InChI=1S/C18H34N2/c1-2-3-14-20(16-6-7-16)18(15-19)12-10-17(11-13-18)8-4-5-9-17/h16H,2-15,19H2,1H3. The Balaban J connectivity index is 1.67. The molecule has 116 valence electrons. The third-order valence-electron chi connectivity index (χ3n) is 6.64. The van der Waals surface area contributed by atoms with Crippen LogP contribution in [0.3, 0.4) is 0 Å². The van der Waals surface area contributed by atoms with Gasteiger partial charge in [0.15, 0.2) is 0 Å². The van der Waals surface area contributed by atoms with E-state index in [1.807, 2.05) is 0 Å². The monoisotopic (exact) mass is 278 g/mol. The molecule has 2 nitrogen and oxygen atoms in total. The summed E-state index contributed by atoms with van der Waals surface area (Å²) < 4.78 is 0. The van der Waals surface area contributed by atoms with Crippen molar-refractivity contribution in [2.45, 2.75) is 95.6 Å². The zero-order valence-electron chi connectivity index (χ0n) is 13.5. The molecule has 3 saturated carbocycles. The first-order chi connectivity index (χ1) is 9.74. The number of nitrogens with two attached hydrogens (primary N) is 1. The molecule has 0 bridgehead atoms. The van der Waals surface area contributed by atoms with Gasteiger partial charge in [0.1, 0.15) is 0 Å². The third kappa shape index (κ3) is 2.78. The van der Waals surface area contributed by atoms with Crippen LogP contribution in [-0.2, 0) is 0 Å². The largest absolute Gasteiger partial charge is 0.329 e. The molecule has 0 amide bonds. The Kier molecular flexibility index (Phi) is 4.42. The second kappa shape index (κ2) is 5.96. The van der Waals surface area contributed by atoms with E-state index in [1.165, 1.54) is 83.6 Å². The number of unbranched alkanes of at least 4 members (excludes halogenated alkanes) is 1. The third-order valence-corrected chi connectivity index (χ3v) is 6.64.